The second-order valence-electron chi connectivity index (χ2n) is 7.06. The van der Waals surface area contributed by atoms with Gasteiger partial charge in [0.1, 0.15) is 5.75 Å². The molecule has 0 bridgehead atoms. The summed E-state index contributed by atoms with van der Waals surface area (Å²) in [6, 6.07) is 12.0. The zero-order chi connectivity index (χ0) is 17.6. The number of rotatable bonds is 6. The molecule has 0 spiro atoms. The Morgan fingerprint density at radius 3 is 2.84 bits per heavy atom. The van der Waals surface area contributed by atoms with Crippen LogP contribution in [0.25, 0.3) is 0 Å². The number of nitrogens with one attached hydrogen (secondary N) is 1. The maximum atomic E-state index is 12.6. The van der Waals surface area contributed by atoms with E-state index in [2.05, 4.69) is 30.2 Å². The molecule has 1 N–H and O–H groups in total. The summed E-state index contributed by atoms with van der Waals surface area (Å²) < 4.78 is 5.69. The summed E-state index contributed by atoms with van der Waals surface area (Å²) in [6.07, 6.45) is 4.71. The fraction of sp³-hybridized carbons (Fsp3) is 0.429. The van der Waals surface area contributed by atoms with Gasteiger partial charge in [-0.15, -0.1) is 0 Å². The number of aryl methyl sites for hydroxylation is 1. The van der Waals surface area contributed by atoms with E-state index < -0.39 is 0 Å². The molecule has 0 aliphatic heterocycles. The molecule has 4 nitrogen and oxygen atoms in total. The highest BCUT2D eigenvalue weighted by molar-refractivity contribution is 5.83. The number of hydrogen-bond acceptors (Lipinski definition) is 3. The standard InChI is InChI=1S/C21H26N2O2/c1-15(2)14-25-18-10-8-16(9-11-18)13-23-21(24)19-7-3-5-17-6-4-12-22-20(17)19/h4,6,8-12,15,19H,3,5,7,13-14H2,1-2H3,(H,23,24). The number of nitrogens with zero attached hydrogens (tertiary/aromatic N) is 1. The minimum Gasteiger partial charge on any atom is -0.493 e. The summed E-state index contributed by atoms with van der Waals surface area (Å²) in [6.45, 7) is 5.50. The van der Waals surface area contributed by atoms with Crippen molar-refractivity contribution in [1.29, 1.82) is 0 Å². The van der Waals surface area contributed by atoms with Gasteiger partial charge < -0.3 is 10.1 Å². The van der Waals surface area contributed by atoms with Gasteiger partial charge in [-0.25, -0.2) is 0 Å². The Bertz CT molecular complexity index is 710. The highest BCUT2D eigenvalue weighted by Gasteiger charge is 2.27. The van der Waals surface area contributed by atoms with Crippen LogP contribution in [0.3, 0.4) is 0 Å². The van der Waals surface area contributed by atoms with Crippen molar-refractivity contribution in [1.82, 2.24) is 10.3 Å². The number of ether oxygens (including phenoxy) is 1. The summed E-state index contributed by atoms with van der Waals surface area (Å²) in [5, 5.41) is 3.06. The molecule has 1 aromatic carbocycles. The van der Waals surface area contributed by atoms with E-state index in [1.807, 2.05) is 30.3 Å². The first-order valence-electron chi connectivity index (χ1n) is 9.06. The van der Waals surface area contributed by atoms with Crippen LogP contribution in [0.15, 0.2) is 42.6 Å². The molecule has 1 aliphatic rings. The van der Waals surface area contributed by atoms with Crippen LogP contribution in [-0.4, -0.2) is 17.5 Å². The lowest BCUT2D eigenvalue weighted by Gasteiger charge is -2.23. The summed E-state index contributed by atoms with van der Waals surface area (Å²) >= 11 is 0. The molecular formula is C21H26N2O2. The summed E-state index contributed by atoms with van der Waals surface area (Å²) in [4.78, 5) is 17.0. The van der Waals surface area contributed by atoms with E-state index in [9.17, 15) is 4.79 Å². The van der Waals surface area contributed by atoms with E-state index in [0.29, 0.717) is 19.1 Å². The minimum absolute atomic E-state index is 0.0692. The number of fused-ring (bicyclic) bond motifs is 1. The summed E-state index contributed by atoms with van der Waals surface area (Å²) in [5.74, 6) is 1.32. The SMILES string of the molecule is CC(C)COc1ccc(CNC(=O)C2CCCc3cccnc32)cc1. The molecule has 132 valence electrons. The lowest BCUT2D eigenvalue weighted by molar-refractivity contribution is -0.123. The monoisotopic (exact) mass is 338 g/mol. The highest BCUT2D eigenvalue weighted by Crippen LogP contribution is 2.29. The largest absolute Gasteiger partial charge is 0.493 e. The first kappa shape index (κ1) is 17.5. The lowest BCUT2D eigenvalue weighted by atomic mass is 9.86. The van der Waals surface area contributed by atoms with Crippen LogP contribution in [0, 0.1) is 5.92 Å². The molecule has 3 rings (SSSR count). The molecule has 0 saturated carbocycles. The number of aromatic nitrogens is 1. The second-order valence-corrected chi connectivity index (χ2v) is 7.06. The third kappa shape index (κ3) is 4.59. The molecule has 1 atom stereocenters. The number of carbonyl (C=O) groups is 1. The van der Waals surface area contributed by atoms with Gasteiger partial charge in [-0.05, 0) is 54.5 Å². The predicted octanol–water partition coefficient (Wildman–Crippen LogP) is 3.85. The second kappa shape index (κ2) is 8.15. The van der Waals surface area contributed by atoms with Crippen LogP contribution in [0.2, 0.25) is 0 Å². The Morgan fingerprint density at radius 2 is 2.08 bits per heavy atom. The van der Waals surface area contributed by atoms with Crippen LogP contribution in [0.5, 0.6) is 5.75 Å². The highest BCUT2D eigenvalue weighted by atomic mass is 16.5. The summed E-state index contributed by atoms with van der Waals surface area (Å²) in [5.41, 5.74) is 3.23. The Hall–Kier alpha value is -2.36. The number of carbonyl (C=O) groups excluding carboxylic acids is 1. The van der Waals surface area contributed by atoms with Gasteiger partial charge in [0.25, 0.3) is 0 Å². The van der Waals surface area contributed by atoms with Crippen LogP contribution in [-0.2, 0) is 17.8 Å². The first-order chi connectivity index (χ1) is 12.1. The summed E-state index contributed by atoms with van der Waals surface area (Å²) in [7, 11) is 0. The van der Waals surface area contributed by atoms with Gasteiger partial charge >= 0.3 is 0 Å². The van der Waals surface area contributed by atoms with E-state index in [4.69, 9.17) is 4.74 Å². The molecule has 4 heteroatoms. The van der Waals surface area contributed by atoms with Crippen LogP contribution >= 0.6 is 0 Å². The Labute approximate surface area is 149 Å². The molecule has 0 radical (unpaired) electrons. The van der Waals surface area contributed by atoms with Crippen LogP contribution in [0.4, 0.5) is 0 Å². The maximum Gasteiger partial charge on any atom is 0.229 e. The number of benzene rings is 1. The van der Waals surface area contributed by atoms with E-state index in [1.165, 1.54) is 5.56 Å². The van der Waals surface area contributed by atoms with E-state index >= 15 is 0 Å². The van der Waals surface area contributed by atoms with E-state index in [1.54, 1.807) is 6.20 Å². The zero-order valence-electron chi connectivity index (χ0n) is 15.0. The van der Waals surface area contributed by atoms with Crippen molar-refractivity contribution in [2.45, 2.75) is 45.6 Å². The fourth-order valence-electron chi connectivity index (χ4n) is 3.14. The van der Waals surface area contributed by atoms with Gasteiger partial charge in [-0.2, -0.15) is 0 Å². The van der Waals surface area contributed by atoms with Crippen LogP contribution < -0.4 is 10.1 Å². The van der Waals surface area contributed by atoms with E-state index in [-0.39, 0.29) is 11.8 Å². The molecule has 0 saturated heterocycles. The molecule has 1 aromatic heterocycles. The third-order valence-electron chi connectivity index (χ3n) is 4.48. The smallest absolute Gasteiger partial charge is 0.229 e. The molecule has 1 aliphatic carbocycles. The van der Waals surface area contributed by atoms with Gasteiger partial charge in [0.05, 0.1) is 18.2 Å². The molecular weight excluding hydrogens is 312 g/mol. The normalized spacial score (nSPS) is 16.4. The Kier molecular flexibility index (Phi) is 5.69. The predicted molar refractivity (Wildman–Crippen MR) is 98.5 cm³/mol. The molecule has 0 fully saturated rings. The Morgan fingerprint density at radius 1 is 1.28 bits per heavy atom. The minimum atomic E-state index is -0.126. The number of amides is 1. The average molecular weight is 338 g/mol. The van der Waals surface area contributed by atoms with E-state index in [0.717, 1.165) is 36.3 Å². The van der Waals surface area contributed by atoms with Gasteiger partial charge in [-0.1, -0.05) is 32.0 Å². The number of pyridine rings is 1. The first-order valence-corrected chi connectivity index (χ1v) is 9.06. The quantitative estimate of drug-likeness (QED) is 0.870. The van der Waals surface area contributed by atoms with Gasteiger partial charge in [0, 0.05) is 12.7 Å². The van der Waals surface area contributed by atoms with Gasteiger partial charge in [0.15, 0.2) is 0 Å². The van der Waals surface area contributed by atoms with Crippen molar-refractivity contribution < 1.29 is 9.53 Å². The van der Waals surface area contributed by atoms with Crippen molar-refractivity contribution in [3.05, 3.63) is 59.4 Å². The molecule has 1 heterocycles. The van der Waals surface area contributed by atoms with Gasteiger partial charge in [-0.3, -0.25) is 9.78 Å². The third-order valence-corrected chi connectivity index (χ3v) is 4.48. The maximum absolute atomic E-state index is 12.6. The topological polar surface area (TPSA) is 51.2 Å². The van der Waals surface area contributed by atoms with Crippen molar-refractivity contribution in [3.8, 4) is 5.75 Å². The van der Waals surface area contributed by atoms with Crippen molar-refractivity contribution >= 4 is 5.91 Å². The van der Waals surface area contributed by atoms with Crippen molar-refractivity contribution in [3.63, 3.8) is 0 Å². The molecule has 25 heavy (non-hydrogen) atoms. The fourth-order valence-corrected chi connectivity index (χ4v) is 3.14. The van der Waals surface area contributed by atoms with Crippen LogP contribution in [0.1, 0.15) is 49.4 Å². The van der Waals surface area contributed by atoms with Gasteiger partial charge in [0.2, 0.25) is 5.91 Å². The number of hydrogen-bond donors (Lipinski definition) is 1. The average Bonchev–Trinajstić information content (AvgIpc) is 2.64. The zero-order valence-corrected chi connectivity index (χ0v) is 15.0. The molecule has 2 aromatic rings. The molecule has 1 amide bonds. The Balaban J connectivity index is 1.56. The lowest BCUT2D eigenvalue weighted by Crippen LogP contribution is -2.31. The van der Waals surface area contributed by atoms with Crippen molar-refractivity contribution in [2.24, 2.45) is 5.92 Å². The van der Waals surface area contributed by atoms with Crippen molar-refractivity contribution in [2.75, 3.05) is 6.61 Å². The molecule has 1 unspecified atom stereocenters.